The maximum absolute atomic E-state index is 9.62. The van der Waals surface area contributed by atoms with Crippen molar-refractivity contribution in [2.75, 3.05) is 26.7 Å². The van der Waals surface area contributed by atoms with Gasteiger partial charge >= 0.3 is 0 Å². The Balaban J connectivity index is 0.00000300. The molecule has 6 heteroatoms. The summed E-state index contributed by atoms with van der Waals surface area (Å²) in [5, 5.41) is 16.4. The van der Waals surface area contributed by atoms with Crippen molar-refractivity contribution >= 4 is 29.9 Å². The van der Waals surface area contributed by atoms with E-state index in [1.54, 1.807) is 7.05 Å². The Labute approximate surface area is 191 Å². The molecule has 0 amide bonds. The van der Waals surface area contributed by atoms with Crippen LogP contribution in [-0.4, -0.2) is 48.8 Å². The zero-order valence-corrected chi connectivity index (χ0v) is 19.5. The summed E-state index contributed by atoms with van der Waals surface area (Å²) in [5.41, 5.74) is 3.89. The van der Waals surface area contributed by atoms with Crippen molar-refractivity contribution in [1.29, 1.82) is 0 Å². The van der Waals surface area contributed by atoms with E-state index in [1.165, 1.54) is 16.7 Å². The molecule has 3 N–H and O–H groups in total. The summed E-state index contributed by atoms with van der Waals surface area (Å²) >= 11 is 0. The molecular formula is C23H33IN4O. The van der Waals surface area contributed by atoms with Crippen LogP contribution in [0.4, 0.5) is 0 Å². The molecule has 5 nitrogen and oxygen atoms in total. The molecule has 1 aliphatic rings. The standard InChI is InChI=1S/C23H32N4O.HI/c1-24-23(25-14-11-19-5-3-2-4-6-19)26-17-20-7-9-21(10-8-20)18-27-15-12-22(28)13-16-27;/h2-10,22,28H,11-18H2,1H3,(H2,24,25,26);1H. The average Bonchev–Trinajstić information content (AvgIpc) is 2.74. The van der Waals surface area contributed by atoms with Gasteiger partial charge in [-0.25, -0.2) is 0 Å². The Hall–Kier alpha value is -1.64. The number of halogens is 1. The Bertz CT molecular complexity index is 728. The van der Waals surface area contributed by atoms with Gasteiger partial charge in [0.25, 0.3) is 0 Å². The molecule has 2 aromatic carbocycles. The van der Waals surface area contributed by atoms with Crippen LogP contribution < -0.4 is 10.6 Å². The van der Waals surface area contributed by atoms with Gasteiger partial charge < -0.3 is 15.7 Å². The second-order valence-corrected chi connectivity index (χ2v) is 7.41. The number of aliphatic hydroxyl groups is 1. The topological polar surface area (TPSA) is 59.9 Å². The minimum atomic E-state index is -0.111. The number of aliphatic imine (C=N–C) groups is 1. The molecule has 0 bridgehead atoms. The van der Waals surface area contributed by atoms with E-state index >= 15 is 0 Å². The van der Waals surface area contributed by atoms with Gasteiger partial charge in [0.15, 0.2) is 5.96 Å². The normalized spacial score (nSPS) is 15.6. The SMILES string of the molecule is CN=C(NCCc1ccccc1)NCc1ccc(CN2CCC(O)CC2)cc1.I. The van der Waals surface area contributed by atoms with Gasteiger partial charge in [-0.15, -0.1) is 24.0 Å². The first-order valence-corrected chi connectivity index (χ1v) is 10.2. The number of nitrogens with one attached hydrogen (secondary N) is 2. The molecule has 1 heterocycles. The van der Waals surface area contributed by atoms with Gasteiger partial charge in [-0.3, -0.25) is 9.89 Å². The largest absolute Gasteiger partial charge is 0.393 e. The molecule has 1 fully saturated rings. The van der Waals surface area contributed by atoms with E-state index in [2.05, 4.69) is 69.1 Å². The summed E-state index contributed by atoms with van der Waals surface area (Å²) in [4.78, 5) is 6.72. The lowest BCUT2D eigenvalue weighted by atomic mass is 10.1. The van der Waals surface area contributed by atoms with Crippen LogP contribution in [0.5, 0.6) is 0 Å². The molecule has 29 heavy (non-hydrogen) atoms. The molecule has 0 unspecified atom stereocenters. The Morgan fingerprint density at radius 3 is 2.28 bits per heavy atom. The van der Waals surface area contributed by atoms with Crippen LogP contribution >= 0.6 is 24.0 Å². The minimum Gasteiger partial charge on any atom is -0.393 e. The summed E-state index contributed by atoms with van der Waals surface area (Å²) in [7, 11) is 1.80. The Kier molecular flexibility index (Phi) is 10.5. The molecule has 0 atom stereocenters. The molecule has 158 valence electrons. The summed E-state index contributed by atoms with van der Waals surface area (Å²) in [6.07, 6.45) is 2.64. The van der Waals surface area contributed by atoms with Crippen molar-refractivity contribution in [1.82, 2.24) is 15.5 Å². The molecule has 0 radical (unpaired) electrons. The van der Waals surface area contributed by atoms with Crippen molar-refractivity contribution in [2.24, 2.45) is 4.99 Å². The molecule has 0 aliphatic carbocycles. The third-order valence-corrected chi connectivity index (χ3v) is 5.22. The van der Waals surface area contributed by atoms with Crippen molar-refractivity contribution in [3.05, 3.63) is 71.3 Å². The van der Waals surface area contributed by atoms with Gasteiger partial charge in [0.05, 0.1) is 6.10 Å². The Morgan fingerprint density at radius 1 is 0.966 bits per heavy atom. The molecule has 0 spiro atoms. The second kappa shape index (κ2) is 12.8. The highest BCUT2D eigenvalue weighted by molar-refractivity contribution is 14.0. The lowest BCUT2D eigenvalue weighted by Crippen LogP contribution is -2.37. The molecule has 0 aromatic heterocycles. The monoisotopic (exact) mass is 508 g/mol. The lowest BCUT2D eigenvalue weighted by Gasteiger charge is -2.29. The number of rotatable bonds is 7. The lowest BCUT2D eigenvalue weighted by molar-refractivity contribution is 0.0792. The smallest absolute Gasteiger partial charge is 0.191 e. The van der Waals surface area contributed by atoms with Gasteiger partial charge in [-0.2, -0.15) is 0 Å². The number of benzene rings is 2. The maximum atomic E-state index is 9.62. The summed E-state index contributed by atoms with van der Waals surface area (Å²) < 4.78 is 0. The van der Waals surface area contributed by atoms with Gasteiger partial charge in [0, 0.05) is 39.8 Å². The maximum Gasteiger partial charge on any atom is 0.191 e. The first-order chi connectivity index (χ1) is 13.7. The number of guanidine groups is 1. The second-order valence-electron chi connectivity index (χ2n) is 7.41. The minimum absolute atomic E-state index is 0. The van der Waals surface area contributed by atoms with Crippen LogP contribution in [0.1, 0.15) is 29.5 Å². The summed E-state index contributed by atoms with van der Waals surface area (Å²) in [6, 6.07) is 19.2. The van der Waals surface area contributed by atoms with Gasteiger partial charge in [0.1, 0.15) is 0 Å². The number of nitrogens with zero attached hydrogens (tertiary/aromatic N) is 2. The van der Waals surface area contributed by atoms with E-state index < -0.39 is 0 Å². The Morgan fingerprint density at radius 2 is 1.62 bits per heavy atom. The van der Waals surface area contributed by atoms with E-state index in [1.807, 2.05) is 6.07 Å². The highest BCUT2D eigenvalue weighted by atomic mass is 127. The first kappa shape index (κ1) is 23.6. The average molecular weight is 508 g/mol. The zero-order chi connectivity index (χ0) is 19.6. The molecule has 0 saturated carbocycles. The molecule has 2 aromatic rings. The van der Waals surface area contributed by atoms with Crippen LogP contribution in [-0.2, 0) is 19.5 Å². The van der Waals surface area contributed by atoms with Gasteiger partial charge in [-0.1, -0.05) is 54.6 Å². The molecular weight excluding hydrogens is 475 g/mol. The third kappa shape index (κ3) is 8.32. The van der Waals surface area contributed by atoms with Crippen molar-refractivity contribution in [3.8, 4) is 0 Å². The van der Waals surface area contributed by atoms with Crippen LogP contribution in [0, 0.1) is 0 Å². The van der Waals surface area contributed by atoms with Crippen molar-refractivity contribution in [3.63, 3.8) is 0 Å². The molecule has 1 saturated heterocycles. The van der Waals surface area contributed by atoms with Crippen molar-refractivity contribution < 1.29 is 5.11 Å². The van der Waals surface area contributed by atoms with E-state index in [4.69, 9.17) is 0 Å². The summed E-state index contributed by atoms with van der Waals surface area (Å²) in [6.45, 7) is 4.53. The quantitative estimate of drug-likeness (QED) is 0.306. The number of likely N-dealkylation sites (tertiary alicyclic amines) is 1. The zero-order valence-electron chi connectivity index (χ0n) is 17.2. The van der Waals surface area contributed by atoms with Crippen molar-refractivity contribution in [2.45, 2.75) is 38.5 Å². The van der Waals surface area contributed by atoms with Crippen LogP contribution in [0.3, 0.4) is 0 Å². The molecule has 3 rings (SSSR count). The van der Waals surface area contributed by atoms with Gasteiger partial charge in [-0.05, 0) is 36.0 Å². The fourth-order valence-electron chi connectivity index (χ4n) is 3.47. The number of hydrogen-bond donors (Lipinski definition) is 3. The van der Waals surface area contributed by atoms with Crippen LogP contribution in [0.2, 0.25) is 0 Å². The van der Waals surface area contributed by atoms with Crippen LogP contribution in [0.15, 0.2) is 59.6 Å². The number of piperidine rings is 1. The van der Waals surface area contributed by atoms with E-state index in [0.29, 0.717) is 0 Å². The fraction of sp³-hybridized carbons (Fsp3) is 0.435. The van der Waals surface area contributed by atoms with E-state index in [-0.39, 0.29) is 30.1 Å². The van der Waals surface area contributed by atoms with E-state index in [0.717, 1.165) is 57.9 Å². The predicted molar refractivity (Wildman–Crippen MR) is 131 cm³/mol. The highest BCUT2D eigenvalue weighted by Crippen LogP contribution is 2.14. The number of hydrogen-bond acceptors (Lipinski definition) is 3. The fourth-order valence-corrected chi connectivity index (χ4v) is 3.47. The summed E-state index contributed by atoms with van der Waals surface area (Å²) in [5.74, 6) is 0.826. The highest BCUT2D eigenvalue weighted by Gasteiger charge is 2.16. The third-order valence-electron chi connectivity index (χ3n) is 5.22. The number of aliphatic hydroxyl groups excluding tert-OH is 1. The van der Waals surface area contributed by atoms with E-state index in [9.17, 15) is 5.11 Å². The predicted octanol–water partition coefficient (Wildman–Crippen LogP) is 3.17. The van der Waals surface area contributed by atoms with Crippen LogP contribution in [0.25, 0.3) is 0 Å². The molecule has 1 aliphatic heterocycles. The first-order valence-electron chi connectivity index (χ1n) is 10.2. The van der Waals surface area contributed by atoms with Gasteiger partial charge in [0.2, 0.25) is 0 Å².